The molecule has 36 heavy (non-hydrogen) atoms. The molecular weight excluding hydrogens is 477 g/mol. The number of aromatic amines is 1. The molecule has 0 bridgehead atoms. The zero-order valence-corrected chi connectivity index (χ0v) is 20.8. The lowest BCUT2D eigenvalue weighted by atomic mass is 10.1. The summed E-state index contributed by atoms with van der Waals surface area (Å²) in [4.78, 5) is 12.3. The van der Waals surface area contributed by atoms with Crippen molar-refractivity contribution >= 4 is 16.9 Å². The lowest BCUT2D eigenvalue weighted by molar-refractivity contribution is 0.183. The van der Waals surface area contributed by atoms with Crippen molar-refractivity contribution in [2.45, 2.75) is 26.2 Å². The van der Waals surface area contributed by atoms with E-state index in [0.29, 0.717) is 28.6 Å². The predicted molar refractivity (Wildman–Crippen MR) is 138 cm³/mol. The van der Waals surface area contributed by atoms with E-state index in [-0.39, 0.29) is 5.82 Å². The molecule has 1 aromatic carbocycles. The van der Waals surface area contributed by atoms with Crippen molar-refractivity contribution < 1.29 is 9.13 Å². The Morgan fingerprint density at radius 3 is 2.81 bits per heavy atom. The molecule has 8 nitrogen and oxygen atoms in total. The van der Waals surface area contributed by atoms with E-state index in [4.69, 9.17) is 9.72 Å². The molecule has 1 aliphatic rings. The molecule has 0 aliphatic carbocycles. The van der Waals surface area contributed by atoms with Gasteiger partial charge in [-0.2, -0.15) is 10.2 Å². The summed E-state index contributed by atoms with van der Waals surface area (Å²) in [5, 5.41) is 12.4. The molecule has 0 saturated carbocycles. The van der Waals surface area contributed by atoms with Gasteiger partial charge in [0.15, 0.2) is 5.82 Å². The Morgan fingerprint density at radius 1 is 1.14 bits per heavy atom. The molecule has 1 saturated heterocycles. The number of ether oxygens (including phenoxy) is 1. The van der Waals surface area contributed by atoms with Gasteiger partial charge in [-0.15, -0.1) is 11.3 Å². The third-order valence-corrected chi connectivity index (χ3v) is 7.56. The van der Waals surface area contributed by atoms with Crippen molar-refractivity contribution in [3.05, 3.63) is 60.4 Å². The molecule has 1 aliphatic heterocycles. The number of thiazole rings is 1. The van der Waals surface area contributed by atoms with Crippen LogP contribution in [0, 0.1) is 12.7 Å². The first-order valence-corrected chi connectivity index (χ1v) is 13.0. The monoisotopic (exact) mass is 503 g/mol. The van der Waals surface area contributed by atoms with Gasteiger partial charge in [0.05, 0.1) is 22.5 Å². The summed E-state index contributed by atoms with van der Waals surface area (Å²) in [5.74, 6) is 0.931. The third kappa shape index (κ3) is 4.38. The van der Waals surface area contributed by atoms with Crippen molar-refractivity contribution in [3.63, 3.8) is 0 Å². The lowest BCUT2D eigenvalue weighted by Crippen LogP contribution is -2.33. The van der Waals surface area contributed by atoms with E-state index in [1.165, 1.54) is 43.0 Å². The summed E-state index contributed by atoms with van der Waals surface area (Å²) in [6.45, 7) is 5.82. The minimum Gasteiger partial charge on any atom is -0.492 e. The van der Waals surface area contributed by atoms with Gasteiger partial charge in [-0.1, -0.05) is 18.6 Å². The number of nitrogens with zero attached hydrogens (tertiary/aromatic N) is 6. The second-order valence-electron chi connectivity index (χ2n) is 8.90. The zero-order chi connectivity index (χ0) is 24.5. The Balaban J connectivity index is 1.36. The van der Waals surface area contributed by atoms with E-state index < -0.39 is 0 Å². The molecule has 1 fully saturated rings. The molecule has 10 heteroatoms. The number of hydrogen-bond acceptors (Lipinski definition) is 7. The molecule has 0 radical (unpaired) electrons. The molecule has 4 aromatic heterocycles. The molecule has 0 atom stereocenters. The number of pyridine rings is 1. The molecule has 184 valence electrons. The van der Waals surface area contributed by atoms with E-state index >= 15 is 0 Å². The van der Waals surface area contributed by atoms with Crippen LogP contribution in [0.4, 0.5) is 4.39 Å². The van der Waals surface area contributed by atoms with Crippen LogP contribution in [0.15, 0.2) is 48.9 Å². The molecule has 0 amide bonds. The normalized spacial score (nSPS) is 14.5. The van der Waals surface area contributed by atoms with Crippen LogP contribution >= 0.6 is 11.3 Å². The first kappa shape index (κ1) is 22.8. The number of H-pyrrole nitrogens is 1. The fraction of sp³-hybridized carbons (Fsp3) is 0.308. The highest BCUT2D eigenvalue weighted by Crippen LogP contribution is 2.42. The summed E-state index contributed by atoms with van der Waals surface area (Å²) in [5.41, 5.74) is 3.53. The van der Waals surface area contributed by atoms with E-state index in [1.807, 2.05) is 29.8 Å². The zero-order valence-electron chi connectivity index (χ0n) is 19.9. The second-order valence-corrected chi connectivity index (χ2v) is 9.90. The number of aryl methyl sites for hydroxylation is 1. The molecule has 0 unspecified atom stereocenters. The van der Waals surface area contributed by atoms with Gasteiger partial charge in [0.25, 0.3) is 0 Å². The van der Waals surface area contributed by atoms with Crippen molar-refractivity contribution in [2.24, 2.45) is 0 Å². The first-order valence-electron chi connectivity index (χ1n) is 12.1. The second kappa shape index (κ2) is 9.79. The molecule has 5 aromatic rings. The van der Waals surface area contributed by atoms with Crippen molar-refractivity contribution in [1.29, 1.82) is 0 Å². The minimum atomic E-state index is -0.341. The Hall–Kier alpha value is -3.63. The van der Waals surface area contributed by atoms with Crippen LogP contribution in [0.2, 0.25) is 0 Å². The number of hydrogen-bond donors (Lipinski definition) is 1. The van der Waals surface area contributed by atoms with Crippen molar-refractivity contribution in [3.8, 4) is 38.3 Å². The van der Waals surface area contributed by atoms with Gasteiger partial charge in [-0.25, -0.2) is 18.9 Å². The number of benzene rings is 1. The van der Waals surface area contributed by atoms with Crippen LogP contribution in [0.25, 0.3) is 38.0 Å². The lowest BCUT2D eigenvalue weighted by Gasteiger charge is -2.26. The van der Waals surface area contributed by atoms with Gasteiger partial charge in [-0.3, -0.25) is 10.00 Å². The van der Waals surface area contributed by atoms with E-state index in [9.17, 15) is 4.39 Å². The summed E-state index contributed by atoms with van der Waals surface area (Å²) < 4.78 is 22.7. The maximum atomic E-state index is 14.8. The van der Waals surface area contributed by atoms with E-state index in [2.05, 4.69) is 25.2 Å². The van der Waals surface area contributed by atoms with Gasteiger partial charge in [0.2, 0.25) is 0 Å². The van der Waals surface area contributed by atoms with Gasteiger partial charge in [-0.05, 0) is 51.1 Å². The summed E-state index contributed by atoms with van der Waals surface area (Å²) in [6.07, 6.45) is 7.27. The Kier molecular flexibility index (Phi) is 6.20. The summed E-state index contributed by atoms with van der Waals surface area (Å²) in [6, 6.07) is 10.6. The summed E-state index contributed by atoms with van der Waals surface area (Å²) >= 11 is 1.43. The standard InChI is InChI=1S/C26H26FN7OS/c1-17-22(21-15-18(9-12-34(21)32-17)35-14-13-33-10-5-2-6-11-33)26-30-23(19-7-3-4-8-20(19)27)24(36-26)25-28-16-29-31-25/h3-4,7-9,12,15-16H,2,5-6,10-11,13-14H2,1H3,(H,28,29,31). The number of halogens is 1. The number of piperidine rings is 1. The highest BCUT2D eigenvalue weighted by atomic mass is 32.1. The van der Waals surface area contributed by atoms with Crippen LogP contribution in [0.1, 0.15) is 25.0 Å². The Bertz CT molecular complexity index is 1490. The van der Waals surface area contributed by atoms with Crippen LogP contribution in [-0.4, -0.2) is 60.9 Å². The molecule has 6 rings (SSSR count). The molecule has 1 N–H and O–H groups in total. The predicted octanol–water partition coefficient (Wildman–Crippen LogP) is 5.22. The van der Waals surface area contributed by atoms with E-state index in [1.54, 1.807) is 18.2 Å². The maximum Gasteiger partial charge on any atom is 0.193 e. The molecule has 0 spiro atoms. The van der Waals surface area contributed by atoms with Gasteiger partial charge < -0.3 is 4.74 Å². The summed E-state index contributed by atoms with van der Waals surface area (Å²) in [7, 11) is 0. The van der Waals surface area contributed by atoms with Crippen LogP contribution < -0.4 is 4.74 Å². The van der Waals surface area contributed by atoms with Gasteiger partial charge in [0.1, 0.15) is 34.4 Å². The number of likely N-dealkylation sites (tertiary alicyclic amines) is 1. The average Bonchev–Trinajstić information content (AvgIpc) is 3.63. The molecular formula is C26H26FN7OS. The first-order chi connectivity index (χ1) is 17.7. The third-order valence-electron chi connectivity index (χ3n) is 6.49. The average molecular weight is 504 g/mol. The van der Waals surface area contributed by atoms with Crippen molar-refractivity contribution in [2.75, 3.05) is 26.2 Å². The quantitative estimate of drug-likeness (QED) is 0.328. The Morgan fingerprint density at radius 2 is 2.00 bits per heavy atom. The number of fused-ring (bicyclic) bond motifs is 1. The fourth-order valence-electron chi connectivity index (χ4n) is 4.71. The van der Waals surface area contributed by atoms with Crippen LogP contribution in [-0.2, 0) is 0 Å². The number of aromatic nitrogens is 6. The van der Waals surface area contributed by atoms with Crippen LogP contribution in [0.3, 0.4) is 0 Å². The number of rotatable bonds is 7. The van der Waals surface area contributed by atoms with Gasteiger partial charge in [0, 0.05) is 24.4 Å². The van der Waals surface area contributed by atoms with Crippen LogP contribution in [0.5, 0.6) is 5.75 Å². The Labute approximate surface area is 211 Å². The van der Waals surface area contributed by atoms with Crippen molar-refractivity contribution in [1.82, 2.24) is 34.7 Å². The highest BCUT2D eigenvalue weighted by molar-refractivity contribution is 7.19. The maximum absolute atomic E-state index is 14.8. The fourth-order valence-corrected chi connectivity index (χ4v) is 5.83. The topological polar surface area (TPSA) is 84.2 Å². The highest BCUT2D eigenvalue weighted by Gasteiger charge is 2.24. The largest absolute Gasteiger partial charge is 0.492 e. The minimum absolute atomic E-state index is 0.341. The number of nitrogens with one attached hydrogen (secondary N) is 1. The molecule has 5 heterocycles. The SMILES string of the molecule is Cc1nn2ccc(OCCN3CCCCC3)cc2c1-c1nc(-c2ccccc2F)c(-c2nc[nH]n2)s1. The van der Waals surface area contributed by atoms with Gasteiger partial charge >= 0.3 is 0 Å². The smallest absolute Gasteiger partial charge is 0.193 e. The van der Waals surface area contributed by atoms with E-state index in [0.717, 1.165) is 47.2 Å².